The van der Waals surface area contributed by atoms with Crippen LogP contribution in [0.4, 0.5) is 5.69 Å². The molecule has 0 aliphatic carbocycles. The van der Waals surface area contributed by atoms with Gasteiger partial charge in [-0.25, -0.2) is 0 Å². The second-order valence-electron chi connectivity index (χ2n) is 4.69. The summed E-state index contributed by atoms with van der Waals surface area (Å²) in [5.74, 6) is 0. The van der Waals surface area contributed by atoms with E-state index in [1.807, 2.05) is 18.3 Å². The average molecular weight is 241 g/mol. The summed E-state index contributed by atoms with van der Waals surface area (Å²) < 4.78 is 0. The maximum absolute atomic E-state index is 4.28. The van der Waals surface area contributed by atoms with Crippen LogP contribution in [0.1, 0.15) is 0 Å². The topological polar surface area (TPSA) is 35.2 Å². The SMILES string of the molecule is CN1CCN(c2c[c]ccc2-c2cc[nH]n2)CC1. The summed E-state index contributed by atoms with van der Waals surface area (Å²) in [6, 6.07) is 11.3. The van der Waals surface area contributed by atoms with Crippen molar-refractivity contribution in [2.24, 2.45) is 0 Å². The van der Waals surface area contributed by atoms with Crippen molar-refractivity contribution in [1.29, 1.82) is 0 Å². The summed E-state index contributed by atoms with van der Waals surface area (Å²) in [5, 5.41) is 7.16. The molecule has 1 aromatic carbocycles. The van der Waals surface area contributed by atoms with Crippen LogP contribution in [0.25, 0.3) is 11.3 Å². The number of H-pyrrole nitrogens is 1. The zero-order valence-corrected chi connectivity index (χ0v) is 10.6. The molecule has 0 unspecified atom stereocenters. The minimum atomic E-state index is 0.998. The van der Waals surface area contributed by atoms with Gasteiger partial charge in [-0.1, -0.05) is 12.1 Å². The van der Waals surface area contributed by atoms with E-state index in [0.29, 0.717) is 0 Å². The van der Waals surface area contributed by atoms with Crippen LogP contribution in [0.2, 0.25) is 0 Å². The first kappa shape index (κ1) is 11.3. The Kier molecular flexibility index (Phi) is 3.02. The Morgan fingerprint density at radius 1 is 1.22 bits per heavy atom. The Hall–Kier alpha value is -1.81. The number of nitrogens with one attached hydrogen (secondary N) is 1. The van der Waals surface area contributed by atoms with E-state index in [2.05, 4.69) is 45.2 Å². The lowest BCUT2D eigenvalue weighted by atomic mass is 10.1. The van der Waals surface area contributed by atoms with Gasteiger partial charge in [0.15, 0.2) is 0 Å². The highest BCUT2D eigenvalue weighted by Gasteiger charge is 2.17. The second-order valence-corrected chi connectivity index (χ2v) is 4.69. The average Bonchev–Trinajstić information content (AvgIpc) is 2.93. The van der Waals surface area contributed by atoms with Crippen molar-refractivity contribution < 1.29 is 0 Å². The summed E-state index contributed by atoms with van der Waals surface area (Å²) in [5.41, 5.74) is 3.41. The number of piperazine rings is 1. The summed E-state index contributed by atoms with van der Waals surface area (Å²) >= 11 is 0. The van der Waals surface area contributed by atoms with Gasteiger partial charge in [-0.05, 0) is 25.2 Å². The van der Waals surface area contributed by atoms with Crippen molar-refractivity contribution >= 4 is 5.69 Å². The Morgan fingerprint density at radius 2 is 2.06 bits per heavy atom. The predicted molar refractivity (Wildman–Crippen MR) is 72.6 cm³/mol. The third-order valence-corrected chi connectivity index (χ3v) is 3.46. The van der Waals surface area contributed by atoms with Crippen molar-refractivity contribution in [2.75, 3.05) is 38.1 Å². The molecule has 93 valence electrons. The van der Waals surface area contributed by atoms with E-state index in [4.69, 9.17) is 0 Å². The Bertz CT molecular complexity index is 498. The summed E-state index contributed by atoms with van der Waals surface area (Å²) in [6.07, 6.45) is 1.86. The van der Waals surface area contributed by atoms with Crippen LogP contribution in [-0.4, -0.2) is 48.3 Å². The standard InChI is InChI=1S/C14H17N4/c1-17-8-10-18(11-9-17)14-5-3-2-4-12(14)13-6-7-15-16-13/h2,4-7H,8-11H2,1H3,(H,15,16). The fourth-order valence-corrected chi connectivity index (χ4v) is 2.36. The number of hydrogen-bond acceptors (Lipinski definition) is 3. The Balaban J connectivity index is 1.92. The molecule has 1 aromatic heterocycles. The summed E-state index contributed by atoms with van der Waals surface area (Å²) in [7, 11) is 2.17. The van der Waals surface area contributed by atoms with Gasteiger partial charge >= 0.3 is 0 Å². The number of benzene rings is 1. The molecular weight excluding hydrogens is 224 g/mol. The van der Waals surface area contributed by atoms with Crippen LogP contribution in [0.3, 0.4) is 0 Å². The third-order valence-electron chi connectivity index (χ3n) is 3.46. The van der Waals surface area contributed by atoms with Crippen molar-refractivity contribution in [3.05, 3.63) is 36.5 Å². The predicted octanol–water partition coefficient (Wildman–Crippen LogP) is 1.63. The molecule has 4 nitrogen and oxygen atoms in total. The molecule has 1 radical (unpaired) electrons. The van der Waals surface area contributed by atoms with Gasteiger partial charge in [-0.3, -0.25) is 5.10 Å². The summed E-state index contributed by atoms with van der Waals surface area (Å²) in [4.78, 5) is 4.78. The quantitative estimate of drug-likeness (QED) is 0.868. The summed E-state index contributed by atoms with van der Waals surface area (Å²) in [6.45, 7) is 4.33. The molecular formula is C14H17N4. The molecule has 1 saturated heterocycles. The minimum Gasteiger partial charge on any atom is -0.368 e. The van der Waals surface area contributed by atoms with Crippen molar-refractivity contribution in [3.8, 4) is 11.3 Å². The number of anilines is 1. The van der Waals surface area contributed by atoms with E-state index in [9.17, 15) is 0 Å². The lowest BCUT2D eigenvalue weighted by Crippen LogP contribution is -2.44. The number of nitrogens with zero attached hydrogens (tertiary/aromatic N) is 3. The van der Waals surface area contributed by atoms with E-state index in [1.165, 1.54) is 11.3 Å². The van der Waals surface area contributed by atoms with Crippen LogP contribution in [0.5, 0.6) is 0 Å². The molecule has 0 atom stereocenters. The molecule has 0 spiro atoms. The Labute approximate surface area is 107 Å². The molecule has 18 heavy (non-hydrogen) atoms. The fraction of sp³-hybridized carbons (Fsp3) is 0.357. The van der Waals surface area contributed by atoms with Crippen molar-refractivity contribution in [3.63, 3.8) is 0 Å². The molecule has 3 rings (SSSR count). The largest absolute Gasteiger partial charge is 0.368 e. The maximum atomic E-state index is 4.28. The van der Waals surface area contributed by atoms with Crippen molar-refractivity contribution in [1.82, 2.24) is 15.1 Å². The van der Waals surface area contributed by atoms with Gasteiger partial charge in [0, 0.05) is 43.6 Å². The van der Waals surface area contributed by atoms with Gasteiger partial charge < -0.3 is 9.80 Å². The lowest BCUT2D eigenvalue weighted by molar-refractivity contribution is 0.313. The number of aromatic nitrogens is 2. The van der Waals surface area contributed by atoms with E-state index in [-0.39, 0.29) is 0 Å². The van der Waals surface area contributed by atoms with Gasteiger partial charge in [0.05, 0.1) is 5.69 Å². The second kappa shape index (κ2) is 4.82. The molecule has 0 saturated carbocycles. The number of hydrogen-bond donors (Lipinski definition) is 1. The molecule has 4 heteroatoms. The minimum absolute atomic E-state index is 0.998. The molecule has 1 fully saturated rings. The zero-order chi connectivity index (χ0) is 12.4. The number of likely N-dealkylation sites (N-methyl/N-ethyl adjacent to an activating group) is 1. The van der Waals surface area contributed by atoms with Crippen LogP contribution in [0, 0.1) is 6.07 Å². The molecule has 2 heterocycles. The highest BCUT2D eigenvalue weighted by molar-refractivity contribution is 5.76. The van der Waals surface area contributed by atoms with Crippen LogP contribution < -0.4 is 4.90 Å². The number of rotatable bonds is 2. The highest BCUT2D eigenvalue weighted by Crippen LogP contribution is 2.29. The molecule has 0 bridgehead atoms. The van der Waals surface area contributed by atoms with Gasteiger partial charge in [0.25, 0.3) is 0 Å². The van der Waals surface area contributed by atoms with E-state index in [1.54, 1.807) is 0 Å². The number of aromatic amines is 1. The fourth-order valence-electron chi connectivity index (χ4n) is 2.36. The van der Waals surface area contributed by atoms with Gasteiger partial charge in [-0.2, -0.15) is 5.10 Å². The van der Waals surface area contributed by atoms with Crippen LogP contribution >= 0.6 is 0 Å². The van der Waals surface area contributed by atoms with Crippen LogP contribution in [0.15, 0.2) is 30.5 Å². The highest BCUT2D eigenvalue weighted by atomic mass is 15.2. The third kappa shape index (κ3) is 2.11. The Morgan fingerprint density at radius 3 is 2.78 bits per heavy atom. The molecule has 2 aromatic rings. The molecule has 1 N–H and O–H groups in total. The van der Waals surface area contributed by atoms with E-state index < -0.39 is 0 Å². The molecule has 1 aliphatic heterocycles. The normalized spacial score (nSPS) is 17.1. The monoisotopic (exact) mass is 241 g/mol. The first-order valence-corrected chi connectivity index (χ1v) is 6.28. The molecule has 0 amide bonds. The molecule has 1 aliphatic rings. The van der Waals surface area contributed by atoms with Gasteiger partial charge in [0.1, 0.15) is 0 Å². The smallest absolute Gasteiger partial charge is 0.0941 e. The van der Waals surface area contributed by atoms with E-state index >= 15 is 0 Å². The lowest BCUT2D eigenvalue weighted by Gasteiger charge is -2.35. The van der Waals surface area contributed by atoms with E-state index in [0.717, 1.165) is 31.9 Å². The zero-order valence-electron chi connectivity index (χ0n) is 10.6. The van der Waals surface area contributed by atoms with Crippen LogP contribution in [-0.2, 0) is 0 Å². The first-order chi connectivity index (χ1) is 8.84. The first-order valence-electron chi connectivity index (χ1n) is 6.28. The van der Waals surface area contributed by atoms with Crippen molar-refractivity contribution in [2.45, 2.75) is 0 Å². The van der Waals surface area contributed by atoms with Gasteiger partial charge in [0.2, 0.25) is 0 Å². The van der Waals surface area contributed by atoms with Gasteiger partial charge in [-0.15, -0.1) is 0 Å². The maximum Gasteiger partial charge on any atom is 0.0941 e.